The third-order valence-electron chi connectivity index (χ3n) is 4.48. The van der Waals surface area contributed by atoms with Crippen molar-refractivity contribution in [2.75, 3.05) is 45.9 Å². The fraction of sp³-hybridized carbons (Fsp3) is 0.611. The van der Waals surface area contributed by atoms with Crippen molar-refractivity contribution in [3.05, 3.63) is 18.2 Å². The largest absolute Gasteiger partial charge is 0.490 e. The van der Waals surface area contributed by atoms with Crippen LogP contribution in [0.2, 0.25) is 0 Å². The molecule has 8 nitrogen and oxygen atoms in total. The highest BCUT2D eigenvalue weighted by Crippen LogP contribution is 2.31. The van der Waals surface area contributed by atoms with Crippen molar-refractivity contribution in [1.29, 1.82) is 0 Å². The Morgan fingerprint density at radius 3 is 2.21 bits per heavy atom. The monoisotopic (exact) mass is 435 g/mol. The molecule has 0 bridgehead atoms. The van der Waals surface area contributed by atoms with Crippen molar-refractivity contribution in [3.8, 4) is 11.5 Å². The van der Waals surface area contributed by atoms with E-state index in [0.29, 0.717) is 37.8 Å². The molecule has 2 N–H and O–H groups in total. The van der Waals surface area contributed by atoms with Crippen LogP contribution in [0, 0.1) is 5.92 Å². The number of nitrogens with two attached hydrogens (primary N) is 1. The van der Waals surface area contributed by atoms with E-state index in [9.17, 15) is 13.2 Å². The average Bonchev–Trinajstić information content (AvgIpc) is 2.68. The maximum absolute atomic E-state index is 13.0. The van der Waals surface area contributed by atoms with E-state index in [1.807, 2.05) is 13.8 Å². The van der Waals surface area contributed by atoms with Gasteiger partial charge in [-0.2, -0.15) is 4.31 Å². The van der Waals surface area contributed by atoms with Crippen LogP contribution in [0.3, 0.4) is 0 Å². The Hall–Kier alpha value is -1.55. The summed E-state index contributed by atoms with van der Waals surface area (Å²) in [5, 5.41) is 0. The number of rotatable bonds is 8. The van der Waals surface area contributed by atoms with Gasteiger partial charge in [-0.15, -0.1) is 12.4 Å². The molecule has 1 atom stereocenters. The fourth-order valence-electron chi connectivity index (χ4n) is 2.90. The zero-order valence-corrected chi connectivity index (χ0v) is 18.2. The standard InChI is InChI=1S/C18H29N3O5S.ClH/c1-4-25-16-7-6-15(12-17(16)26-5-2)27(23,24)21-10-8-20(9-11-21)18(22)14(3)13-19;/h6-7,12,14H,4-5,8-11,13,19H2,1-3H3;1H. The normalized spacial score (nSPS) is 16.2. The van der Waals surface area contributed by atoms with E-state index >= 15 is 0 Å². The minimum Gasteiger partial charge on any atom is -0.490 e. The summed E-state index contributed by atoms with van der Waals surface area (Å²) in [6, 6.07) is 4.64. The van der Waals surface area contributed by atoms with Gasteiger partial charge in [0.25, 0.3) is 0 Å². The number of nitrogens with zero attached hydrogens (tertiary/aromatic N) is 2. The lowest BCUT2D eigenvalue weighted by atomic mass is 10.1. The first-order chi connectivity index (χ1) is 12.8. The molecule has 1 aromatic rings. The number of benzene rings is 1. The first kappa shape index (κ1) is 24.5. The van der Waals surface area contributed by atoms with Crippen LogP contribution in [-0.2, 0) is 14.8 Å². The van der Waals surface area contributed by atoms with Crippen molar-refractivity contribution in [2.45, 2.75) is 25.7 Å². The van der Waals surface area contributed by atoms with E-state index in [1.54, 1.807) is 17.9 Å². The molecule has 0 aliphatic carbocycles. The lowest BCUT2D eigenvalue weighted by Gasteiger charge is -2.35. The second-order valence-corrected chi connectivity index (χ2v) is 8.28. The Kier molecular flexibility index (Phi) is 9.49. The molecule has 1 aliphatic heterocycles. The number of piperazine rings is 1. The van der Waals surface area contributed by atoms with Gasteiger partial charge in [0.2, 0.25) is 15.9 Å². The quantitative estimate of drug-likeness (QED) is 0.660. The van der Waals surface area contributed by atoms with E-state index in [0.717, 1.165) is 0 Å². The maximum Gasteiger partial charge on any atom is 0.243 e. The smallest absolute Gasteiger partial charge is 0.243 e. The van der Waals surface area contributed by atoms with Crippen LogP contribution in [0.5, 0.6) is 11.5 Å². The van der Waals surface area contributed by atoms with Crippen LogP contribution in [-0.4, -0.2) is 69.5 Å². The van der Waals surface area contributed by atoms with Gasteiger partial charge in [0.1, 0.15) is 0 Å². The number of hydrogen-bond acceptors (Lipinski definition) is 6. The molecule has 0 saturated carbocycles. The van der Waals surface area contributed by atoms with Crippen LogP contribution < -0.4 is 15.2 Å². The average molecular weight is 436 g/mol. The lowest BCUT2D eigenvalue weighted by Crippen LogP contribution is -2.52. The molecular formula is C18H30ClN3O5S. The summed E-state index contributed by atoms with van der Waals surface area (Å²) in [6.45, 7) is 7.83. The lowest BCUT2D eigenvalue weighted by molar-refractivity contribution is -0.135. The molecule has 28 heavy (non-hydrogen) atoms. The van der Waals surface area contributed by atoms with Gasteiger partial charge in [-0.1, -0.05) is 6.92 Å². The van der Waals surface area contributed by atoms with Gasteiger partial charge in [-0.25, -0.2) is 8.42 Å². The highest BCUT2D eigenvalue weighted by atomic mass is 35.5. The Labute approximate surface area is 173 Å². The van der Waals surface area contributed by atoms with E-state index in [1.165, 1.54) is 16.4 Å². The zero-order valence-electron chi connectivity index (χ0n) is 16.6. The molecular weight excluding hydrogens is 406 g/mol. The first-order valence-electron chi connectivity index (χ1n) is 9.23. The van der Waals surface area contributed by atoms with Crippen molar-refractivity contribution in [1.82, 2.24) is 9.21 Å². The minimum atomic E-state index is -3.67. The Morgan fingerprint density at radius 1 is 1.11 bits per heavy atom. The highest BCUT2D eigenvalue weighted by Gasteiger charge is 2.31. The predicted molar refractivity (Wildman–Crippen MR) is 110 cm³/mol. The summed E-state index contributed by atoms with van der Waals surface area (Å²) >= 11 is 0. The summed E-state index contributed by atoms with van der Waals surface area (Å²) in [7, 11) is -3.67. The number of ether oxygens (including phenoxy) is 2. The third kappa shape index (κ3) is 5.50. The minimum absolute atomic E-state index is 0. The predicted octanol–water partition coefficient (Wildman–Crippen LogP) is 1.33. The molecule has 1 aliphatic rings. The molecule has 1 saturated heterocycles. The summed E-state index contributed by atoms with van der Waals surface area (Å²) in [4.78, 5) is 14.0. The second kappa shape index (κ2) is 10.8. The molecule has 0 spiro atoms. The Balaban J connectivity index is 0.00000392. The number of carbonyl (C=O) groups is 1. The third-order valence-corrected chi connectivity index (χ3v) is 6.37. The highest BCUT2D eigenvalue weighted by molar-refractivity contribution is 7.89. The van der Waals surface area contributed by atoms with E-state index in [-0.39, 0.29) is 48.8 Å². The van der Waals surface area contributed by atoms with Crippen molar-refractivity contribution in [3.63, 3.8) is 0 Å². The summed E-state index contributed by atoms with van der Waals surface area (Å²) in [5.74, 6) is 0.637. The molecule has 0 radical (unpaired) electrons. The maximum atomic E-state index is 13.0. The number of sulfonamides is 1. The molecule has 2 rings (SSSR count). The van der Waals surface area contributed by atoms with Crippen LogP contribution >= 0.6 is 12.4 Å². The van der Waals surface area contributed by atoms with Gasteiger partial charge in [-0.05, 0) is 26.0 Å². The van der Waals surface area contributed by atoms with Crippen molar-refractivity contribution in [2.24, 2.45) is 11.7 Å². The molecule has 1 aromatic carbocycles. The fourth-order valence-corrected chi connectivity index (χ4v) is 4.34. The topological polar surface area (TPSA) is 102 Å². The number of carbonyl (C=O) groups excluding carboxylic acids is 1. The Morgan fingerprint density at radius 2 is 1.68 bits per heavy atom. The van der Waals surface area contributed by atoms with Gasteiger partial charge in [0, 0.05) is 44.7 Å². The molecule has 1 amide bonds. The summed E-state index contributed by atoms with van der Waals surface area (Å²) in [6.07, 6.45) is 0. The van der Waals surface area contributed by atoms with E-state index < -0.39 is 10.0 Å². The first-order valence-corrected chi connectivity index (χ1v) is 10.7. The molecule has 1 heterocycles. The number of amides is 1. The van der Waals surface area contributed by atoms with E-state index in [2.05, 4.69) is 0 Å². The van der Waals surface area contributed by atoms with Gasteiger partial charge in [0.15, 0.2) is 11.5 Å². The van der Waals surface area contributed by atoms with Crippen LogP contribution in [0.1, 0.15) is 20.8 Å². The Bertz CT molecular complexity index is 752. The van der Waals surface area contributed by atoms with E-state index in [4.69, 9.17) is 15.2 Å². The molecule has 10 heteroatoms. The SMILES string of the molecule is CCOc1ccc(S(=O)(=O)N2CCN(C(=O)C(C)CN)CC2)cc1OCC.Cl. The van der Waals surface area contributed by atoms with Crippen LogP contribution in [0.15, 0.2) is 23.1 Å². The zero-order chi connectivity index (χ0) is 20.0. The molecule has 160 valence electrons. The van der Waals surface area contributed by atoms with Crippen LogP contribution in [0.4, 0.5) is 0 Å². The van der Waals surface area contributed by atoms with Gasteiger partial charge < -0.3 is 20.1 Å². The van der Waals surface area contributed by atoms with Gasteiger partial charge in [-0.3, -0.25) is 4.79 Å². The van der Waals surface area contributed by atoms with Crippen LogP contribution in [0.25, 0.3) is 0 Å². The van der Waals surface area contributed by atoms with Gasteiger partial charge >= 0.3 is 0 Å². The summed E-state index contributed by atoms with van der Waals surface area (Å²) < 4.78 is 38.4. The molecule has 0 aromatic heterocycles. The molecule has 1 unspecified atom stereocenters. The van der Waals surface area contributed by atoms with Gasteiger partial charge in [0.05, 0.1) is 18.1 Å². The van der Waals surface area contributed by atoms with Crippen molar-refractivity contribution >= 4 is 28.3 Å². The van der Waals surface area contributed by atoms with Crippen molar-refractivity contribution < 1.29 is 22.7 Å². The number of halogens is 1. The summed E-state index contributed by atoms with van der Waals surface area (Å²) in [5.41, 5.74) is 5.55. The second-order valence-electron chi connectivity index (χ2n) is 6.34. The molecule has 1 fully saturated rings. The number of hydrogen-bond donors (Lipinski definition) is 1.